The number of benzene rings is 2. The number of carbonyl (C=O) groups is 2. The zero-order valence-electron chi connectivity index (χ0n) is 17.5. The van der Waals surface area contributed by atoms with Crippen molar-refractivity contribution in [3.05, 3.63) is 81.0 Å². The highest BCUT2D eigenvalue weighted by molar-refractivity contribution is 7.12. The molecule has 0 spiro atoms. The second-order valence-electron chi connectivity index (χ2n) is 7.09. The van der Waals surface area contributed by atoms with E-state index < -0.39 is 0 Å². The van der Waals surface area contributed by atoms with Crippen LogP contribution in [0.1, 0.15) is 31.6 Å². The van der Waals surface area contributed by atoms with Gasteiger partial charge in [0.1, 0.15) is 5.75 Å². The fourth-order valence-corrected chi connectivity index (χ4v) is 3.85. The molecule has 1 aromatic heterocycles. The quantitative estimate of drug-likeness (QED) is 0.514. The fourth-order valence-electron chi connectivity index (χ4n) is 3.07. The van der Waals surface area contributed by atoms with Gasteiger partial charge in [0.2, 0.25) is 0 Å². The van der Waals surface area contributed by atoms with E-state index in [1.54, 1.807) is 37.4 Å². The second-order valence-corrected chi connectivity index (χ2v) is 8.44. The number of hydrogen-bond donors (Lipinski definition) is 2. The van der Waals surface area contributed by atoms with Gasteiger partial charge in [-0.15, -0.1) is 11.3 Å². The van der Waals surface area contributed by atoms with Gasteiger partial charge in [0.25, 0.3) is 11.8 Å². The predicted octanol–water partition coefficient (Wildman–Crippen LogP) is 4.70. The van der Waals surface area contributed by atoms with E-state index >= 15 is 0 Å². The number of thiophene rings is 1. The lowest BCUT2D eigenvalue weighted by Gasteiger charge is -2.25. The van der Waals surface area contributed by atoms with Crippen LogP contribution in [0.5, 0.6) is 5.75 Å². The van der Waals surface area contributed by atoms with Gasteiger partial charge in [-0.05, 0) is 61.4 Å². The van der Waals surface area contributed by atoms with Crippen LogP contribution < -0.4 is 15.4 Å². The van der Waals surface area contributed by atoms with Crippen molar-refractivity contribution in [2.45, 2.75) is 6.04 Å². The van der Waals surface area contributed by atoms with Crippen molar-refractivity contribution >= 4 is 40.4 Å². The average molecular weight is 458 g/mol. The Labute approximate surface area is 190 Å². The van der Waals surface area contributed by atoms with Crippen molar-refractivity contribution in [2.75, 3.05) is 33.1 Å². The maximum atomic E-state index is 12.8. The Morgan fingerprint density at radius 1 is 1.10 bits per heavy atom. The summed E-state index contributed by atoms with van der Waals surface area (Å²) in [5.41, 5.74) is 1.87. The van der Waals surface area contributed by atoms with E-state index in [0.29, 0.717) is 27.7 Å². The molecule has 1 atom stereocenters. The van der Waals surface area contributed by atoms with Crippen LogP contribution >= 0.6 is 22.9 Å². The van der Waals surface area contributed by atoms with Gasteiger partial charge in [-0.25, -0.2) is 0 Å². The monoisotopic (exact) mass is 457 g/mol. The first-order chi connectivity index (χ1) is 14.9. The Morgan fingerprint density at radius 3 is 2.45 bits per heavy atom. The SMILES string of the molecule is COc1ccc(C(CNC(=O)c2ccc(Cl)c(NC(=O)c3cccs3)c2)N(C)C)cc1. The van der Waals surface area contributed by atoms with Crippen molar-refractivity contribution in [3.8, 4) is 5.75 Å². The van der Waals surface area contributed by atoms with Gasteiger partial charge in [0.15, 0.2) is 0 Å². The maximum Gasteiger partial charge on any atom is 0.265 e. The Morgan fingerprint density at radius 2 is 1.84 bits per heavy atom. The van der Waals surface area contributed by atoms with Crippen LogP contribution in [-0.2, 0) is 0 Å². The van der Waals surface area contributed by atoms with Crippen molar-refractivity contribution < 1.29 is 14.3 Å². The first-order valence-electron chi connectivity index (χ1n) is 9.62. The van der Waals surface area contributed by atoms with Crippen LogP contribution in [0.25, 0.3) is 0 Å². The summed E-state index contributed by atoms with van der Waals surface area (Å²) in [7, 11) is 5.55. The minimum Gasteiger partial charge on any atom is -0.497 e. The van der Waals surface area contributed by atoms with Crippen LogP contribution in [0.15, 0.2) is 60.0 Å². The number of hydrogen-bond acceptors (Lipinski definition) is 5. The van der Waals surface area contributed by atoms with Gasteiger partial charge in [0, 0.05) is 12.1 Å². The van der Waals surface area contributed by atoms with E-state index in [-0.39, 0.29) is 17.9 Å². The molecule has 0 saturated carbocycles. The Balaban J connectivity index is 1.69. The van der Waals surface area contributed by atoms with Gasteiger partial charge in [-0.3, -0.25) is 9.59 Å². The van der Waals surface area contributed by atoms with Gasteiger partial charge in [-0.2, -0.15) is 0 Å². The van der Waals surface area contributed by atoms with E-state index in [1.807, 2.05) is 48.6 Å². The highest BCUT2D eigenvalue weighted by atomic mass is 35.5. The summed E-state index contributed by atoms with van der Waals surface area (Å²) < 4.78 is 5.21. The van der Waals surface area contributed by atoms with Crippen LogP contribution in [0.2, 0.25) is 5.02 Å². The maximum absolute atomic E-state index is 12.8. The molecule has 0 aliphatic carbocycles. The molecule has 0 aliphatic rings. The van der Waals surface area contributed by atoms with Crippen molar-refractivity contribution in [1.29, 1.82) is 0 Å². The fraction of sp³-hybridized carbons (Fsp3) is 0.217. The number of anilines is 1. The number of ether oxygens (including phenoxy) is 1. The Bertz CT molecular complexity index is 1040. The molecule has 3 aromatic rings. The van der Waals surface area contributed by atoms with Crippen LogP contribution in [0.3, 0.4) is 0 Å². The first-order valence-corrected chi connectivity index (χ1v) is 10.9. The van der Waals surface area contributed by atoms with E-state index in [1.165, 1.54) is 11.3 Å². The highest BCUT2D eigenvalue weighted by Crippen LogP contribution is 2.25. The largest absolute Gasteiger partial charge is 0.497 e. The molecule has 0 saturated heterocycles. The van der Waals surface area contributed by atoms with Crippen molar-refractivity contribution in [1.82, 2.24) is 10.2 Å². The van der Waals surface area contributed by atoms with Gasteiger partial charge in [-0.1, -0.05) is 29.8 Å². The predicted molar refractivity (Wildman–Crippen MR) is 125 cm³/mol. The zero-order chi connectivity index (χ0) is 22.4. The van der Waals surface area contributed by atoms with Crippen LogP contribution in [0, 0.1) is 0 Å². The van der Waals surface area contributed by atoms with E-state index in [0.717, 1.165) is 11.3 Å². The third-order valence-electron chi connectivity index (χ3n) is 4.80. The molecule has 3 rings (SSSR count). The number of rotatable bonds is 8. The van der Waals surface area contributed by atoms with Crippen molar-refractivity contribution in [3.63, 3.8) is 0 Å². The molecule has 8 heteroatoms. The standard InChI is InChI=1S/C23H24ClN3O3S/c1-27(2)20(15-6-9-17(30-3)10-7-15)14-25-22(28)16-8-11-18(24)19(13-16)26-23(29)21-5-4-12-31-21/h4-13,20H,14H2,1-3H3,(H,25,28)(H,26,29). The summed E-state index contributed by atoms with van der Waals surface area (Å²) in [6.45, 7) is 0.414. The molecule has 2 N–H and O–H groups in total. The molecule has 0 bridgehead atoms. The van der Waals surface area contributed by atoms with E-state index in [9.17, 15) is 9.59 Å². The van der Waals surface area contributed by atoms with Gasteiger partial charge >= 0.3 is 0 Å². The third kappa shape index (κ3) is 5.85. The number of halogens is 1. The number of methoxy groups -OCH3 is 1. The van der Waals surface area contributed by atoms with E-state index in [2.05, 4.69) is 10.6 Å². The summed E-state index contributed by atoms with van der Waals surface area (Å²) in [5, 5.41) is 7.93. The average Bonchev–Trinajstić information content (AvgIpc) is 3.30. The molecule has 1 unspecified atom stereocenters. The summed E-state index contributed by atoms with van der Waals surface area (Å²) in [5.74, 6) is 0.272. The number of amides is 2. The molecule has 162 valence electrons. The van der Waals surface area contributed by atoms with Crippen molar-refractivity contribution in [2.24, 2.45) is 0 Å². The van der Waals surface area contributed by atoms with Gasteiger partial charge < -0.3 is 20.3 Å². The molecule has 6 nitrogen and oxygen atoms in total. The lowest BCUT2D eigenvalue weighted by atomic mass is 10.1. The smallest absolute Gasteiger partial charge is 0.265 e. The second kappa shape index (κ2) is 10.4. The number of likely N-dealkylation sites (N-methyl/N-ethyl adjacent to an activating group) is 1. The summed E-state index contributed by atoms with van der Waals surface area (Å²) in [6, 6.07) is 16.1. The Hall–Kier alpha value is -2.87. The highest BCUT2D eigenvalue weighted by Gasteiger charge is 2.17. The molecule has 0 fully saturated rings. The summed E-state index contributed by atoms with van der Waals surface area (Å²) in [6.07, 6.45) is 0. The zero-order valence-corrected chi connectivity index (χ0v) is 19.1. The minimum absolute atomic E-state index is 0.0137. The van der Waals surface area contributed by atoms with Crippen LogP contribution in [-0.4, -0.2) is 44.5 Å². The molecule has 2 aromatic carbocycles. The molecule has 0 radical (unpaired) electrons. The normalized spacial score (nSPS) is 11.8. The minimum atomic E-state index is -0.262. The molecular weight excluding hydrogens is 434 g/mol. The summed E-state index contributed by atoms with van der Waals surface area (Å²) in [4.78, 5) is 27.7. The third-order valence-corrected chi connectivity index (χ3v) is 6.00. The number of carbonyl (C=O) groups excluding carboxylic acids is 2. The first kappa shape index (κ1) is 22.8. The number of nitrogens with one attached hydrogen (secondary N) is 2. The Kier molecular flexibility index (Phi) is 7.68. The summed E-state index contributed by atoms with van der Waals surface area (Å²) >= 11 is 7.55. The molecule has 31 heavy (non-hydrogen) atoms. The molecular formula is C23H24ClN3O3S. The van der Waals surface area contributed by atoms with E-state index in [4.69, 9.17) is 16.3 Å². The topological polar surface area (TPSA) is 70.7 Å². The molecule has 0 aliphatic heterocycles. The lowest BCUT2D eigenvalue weighted by molar-refractivity contribution is 0.0940. The molecule has 2 amide bonds. The number of nitrogens with zero attached hydrogens (tertiary/aromatic N) is 1. The van der Waals surface area contributed by atoms with Crippen LogP contribution in [0.4, 0.5) is 5.69 Å². The molecule has 1 heterocycles. The lowest BCUT2D eigenvalue weighted by Crippen LogP contribution is -2.34. The van der Waals surface area contributed by atoms with Gasteiger partial charge in [0.05, 0.1) is 28.7 Å².